The SMILES string of the molecule is CC(C)C(O)Cc1cc(F)c(I)cc1[N+](=O)[O-]. The van der Waals surface area contributed by atoms with Gasteiger partial charge in [0.15, 0.2) is 0 Å². The summed E-state index contributed by atoms with van der Waals surface area (Å²) >= 11 is 1.71. The molecule has 0 amide bonds. The zero-order valence-electron chi connectivity index (χ0n) is 9.48. The van der Waals surface area contributed by atoms with Crippen LogP contribution in [0.25, 0.3) is 0 Å². The van der Waals surface area contributed by atoms with Gasteiger partial charge in [0.2, 0.25) is 0 Å². The molecule has 0 aliphatic rings. The summed E-state index contributed by atoms with van der Waals surface area (Å²) in [7, 11) is 0. The van der Waals surface area contributed by atoms with Crippen LogP contribution in [0.3, 0.4) is 0 Å². The maximum atomic E-state index is 13.4. The topological polar surface area (TPSA) is 63.4 Å². The second kappa shape index (κ2) is 5.72. The van der Waals surface area contributed by atoms with Crippen molar-refractivity contribution in [2.45, 2.75) is 26.4 Å². The molecule has 94 valence electrons. The standard InChI is InChI=1S/C11H13FINO3/c1-6(2)11(15)4-7-3-8(12)9(13)5-10(7)14(16)17/h3,5-6,11,15H,4H2,1-2H3. The van der Waals surface area contributed by atoms with Crippen LogP contribution < -0.4 is 0 Å². The van der Waals surface area contributed by atoms with Crippen LogP contribution in [-0.4, -0.2) is 16.1 Å². The zero-order chi connectivity index (χ0) is 13.2. The van der Waals surface area contributed by atoms with Gasteiger partial charge in [0.05, 0.1) is 14.6 Å². The largest absolute Gasteiger partial charge is 0.393 e. The molecule has 0 fully saturated rings. The van der Waals surface area contributed by atoms with Gasteiger partial charge in [0.25, 0.3) is 5.69 Å². The summed E-state index contributed by atoms with van der Waals surface area (Å²) in [6.45, 7) is 3.61. The number of nitro groups is 1. The molecule has 0 spiro atoms. The number of aliphatic hydroxyl groups is 1. The number of benzene rings is 1. The van der Waals surface area contributed by atoms with E-state index < -0.39 is 16.8 Å². The van der Waals surface area contributed by atoms with Crippen molar-refractivity contribution in [3.63, 3.8) is 0 Å². The first-order valence-electron chi connectivity index (χ1n) is 5.13. The van der Waals surface area contributed by atoms with E-state index >= 15 is 0 Å². The maximum absolute atomic E-state index is 13.4. The summed E-state index contributed by atoms with van der Waals surface area (Å²) in [5.74, 6) is -0.529. The Morgan fingerprint density at radius 3 is 2.59 bits per heavy atom. The Morgan fingerprint density at radius 1 is 1.53 bits per heavy atom. The van der Waals surface area contributed by atoms with Crippen LogP contribution in [0.2, 0.25) is 0 Å². The average molecular weight is 353 g/mol. The van der Waals surface area contributed by atoms with Crippen molar-refractivity contribution < 1.29 is 14.4 Å². The number of nitrogens with zero attached hydrogens (tertiary/aromatic N) is 1. The smallest absolute Gasteiger partial charge is 0.273 e. The number of rotatable bonds is 4. The van der Waals surface area contributed by atoms with Gasteiger partial charge >= 0.3 is 0 Å². The van der Waals surface area contributed by atoms with Gasteiger partial charge in [0, 0.05) is 18.1 Å². The molecule has 0 saturated carbocycles. The molecular weight excluding hydrogens is 340 g/mol. The molecule has 0 aliphatic heterocycles. The fourth-order valence-corrected chi connectivity index (χ4v) is 1.82. The van der Waals surface area contributed by atoms with E-state index in [4.69, 9.17) is 0 Å². The fraction of sp³-hybridized carbons (Fsp3) is 0.455. The Balaban J connectivity index is 3.13. The summed E-state index contributed by atoms with van der Waals surface area (Å²) in [6.07, 6.45) is -0.630. The Labute approximate surface area is 112 Å². The molecule has 0 bridgehead atoms. The van der Waals surface area contributed by atoms with E-state index in [0.29, 0.717) is 0 Å². The normalized spacial score (nSPS) is 12.8. The highest BCUT2D eigenvalue weighted by Gasteiger charge is 2.21. The molecule has 1 aromatic rings. The molecule has 0 saturated heterocycles. The second-order valence-electron chi connectivity index (χ2n) is 4.17. The lowest BCUT2D eigenvalue weighted by Crippen LogP contribution is -2.18. The molecule has 0 heterocycles. The van der Waals surface area contributed by atoms with Gasteiger partial charge in [0.1, 0.15) is 5.82 Å². The summed E-state index contributed by atoms with van der Waals surface area (Å²) in [5, 5.41) is 20.5. The molecule has 1 unspecified atom stereocenters. The minimum atomic E-state index is -0.715. The van der Waals surface area contributed by atoms with Crippen molar-refractivity contribution in [1.82, 2.24) is 0 Å². The second-order valence-corrected chi connectivity index (χ2v) is 5.33. The predicted octanol–water partition coefficient (Wildman–Crippen LogP) is 2.90. The lowest BCUT2D eigenvalue weighted by molar-refractivity contribution is -0.385. The van der Waals surface area contributed by atoms with Crippen LogP contribution >= 0.6 is 22.6 Å². The summed E-state index contributed by atoms with van der Waals surface area (Å²) in [5.41, 5.74) is 0.0876. The van der Waals surface area contributed by atoms with Crippen molar-refractivity contribution in [2.24, 2.45) is 5.92 Å². The molecule has 4 nitrogen and oxygen atoms in total. The molecule has 6 heteroatoms. The van der Waals surface area contributed by atoms with Gasteiger partial charge in [-0.15, -0.1) is 0 Å². The van der Waals surface area contributed by atoms with Crippen molar-refractivity contribution in [3.8, 4) is 0 Å². The molecule has 1 N–H and O–H groups in total. The van der Waals surface area contributed by atoms with E-state index in [1.807, 2.05) is 0 Å². The van der Waals surface area contributed by atoms with Crippen molar-refractivity contribution in [3.05, 3.63) is 37.2 Å². The van der Waals surface area contributed by atoms with E-state index in [-0.39, 0.29) is 27.2 Å². The Bertz CT molecular complexity index is 437. The van der Waals surface area contributed by atoms with E-state index in [2.05, 4.69) is 0 Å². The molecule has 17 heavy (non-hydrogen) atoms. The van der Waals surface area contributed by atoms with Crippen molar-refractivity contribution >= 4 is 28.3 Å². The third-order valence-electron chi connectivity index (χ3n) is 2.52. The lowest BCUT2D eigenvalue weighted by atomic mass is 9.98. The van der Waals surface area contributed by atoms with Gasteiger partial charge in [-0.2, -0.15) is 0 Å². The van der Waals surface area contributed by atoms with Crippen molar-refractivity contribution in [1.29, 1.82) is 0 Å². The Kier molecular flexibility index (Phi) is 4.81. The summed E-state index contributed by atoms with van der Waals surface area (Å²) < 4.78 is 13.6. The highest BCUT2D eigenvalue weighted by molar-refractivity contribution is 14.1. The van der Waals surface area contributed by atoms with E-state index in [1.54, 1.807) is 36.4 Å². The van der Waals surface area contributed by atoms with Gasteiger partial charge in [-0.3, -0.25) is 10.1 Å². The number of hydrogen-bond acceptors (Lipinski definition) is 3. The molecule has 1 atom stereocenters. The monoisotopic (exact) mass is 353 g/mol. The third kappa shape index (κ3) is 3.60. The zero-order valence-corrected chi connectivity index (χ0v) is 11.6. The first-order valence-corrected chi connectivity index (χ1v) is 6.21. The van der Waals surface area contributed by atoms with Crippen LogP contribution in [0.4, 0.5) is 10.1 Å². The fourth-order valence-electron chi connectivity index (χ4n) is 1.37. The number of aliphatic hydroxyl groups excluding tert-OH is 1. The van der Waals surface area contributed by atoms with E-state index in [0.717, 1.165) is 6.07 Å². The van der Waals surface area contributed by atoms with Gasteiger partial charge < -0.3 is 5.11 Å². The molecule has 1 rings (SSSR count). The predicted molar refractivity (Wildman–Crippen MR) is 70.3 cm³/mol. The molecule has 0 aliphatic carbocycles. The van der Waals surface area contributed by atoms with Gasteiger partial charge in [-0.25, -0.2) is 4.39 Å². The Hall–Kier alpha value is -0.760. The lowest BCUT2D eigenvalue weighted by Gasteiger charge is -2.14. The molecule has 0 radical (unpaired) electrons. The van der Waals surface area contributed by atoms with E-state index in [9.17, 15) is 19.6 Å². The van der Waals surface area contributed by atoms with Crippen LogP contribution in [0.15, 0.2) is 12.1 Å². The van der Waals surface area contributed by atoms with Crippen LogP contribution in [0.5, 0.6) is 0 Å². The minimum absolute atomic E-state index is 0.0306. The highest BCUT2D eigenvalue weighted by Crippen LogP contribution is 2.26. The first-order chi connectivity index (χ1) is 7.82. The third-order valence-corrected chi connectivity index (χ3v) is 3.34. The van der Waals surface area contributed by atoms with E-state index in [1.165, 1.54) is 6.07 Å². The number of nitro benzene ring substituents is 1. The number of halogens is 2. The van der Waals surface area contributed by atoms with Crippen LogP contribution in [-0.2, 0) is 6.42 Å². The quantitative estimate of drug-likeness (QED) is 0.514. The summed E-state index contributed by atoms with van der Waals surface area (Å²) in [6, 6.07) is 2.32. The van der Waals surface area contributed by atoms with Crippen LogP contribution in [0, 0.1) is 25.4 Å². The number of hydrogen-bond donors (Lipinski definition) is 1. The van der Waals surface area contributed by atoms with Gasteiger partial charge in [-0.05, 0) is 34.6 Å². The first kappa shape index (κ1) is 14.3. The van der Waals surface area contributed by atoms with Crippen molar-refractivity contribution in [2.75, 3.05) is 0 Å². The minimum Gasteiger partial charge on any atom is -0.393 e. The molecule has 1 aromatic carbocycles. The summed E-state index contributed by atoms with van der Waals surface area (Å²) in [4.78, 5) is 10.3. The average Bonchev–Trinajstić information content (AvgIpc) is 2.22. The molecule has 0 aromatic heterocycles. The van der Waals surface area contributed by atoms with Crippen LogP contribution in [0.1, 0.15) is 19.4 Å². The van der Waals surface area contributed by atoms with Gasteiger partial charge in [-0.1, -0.05) is 13.8 Å². The molecular formula is C11H13FINO3. The highest BCUT2D eigenvalue weighted by atomic mass is 127. The maximum Gasteiger partial charge on any atom is 0.273 e. The Morgan fingerprint density at radius 2 is 2.12 bits per heavy atom.